The van der Waals surface area contributed by atoms with Crippen molar-refractivity contribution in [1.82, 2.24) is 15.1 Å². The van der Waals surface area contributed by atoms with Gasteiger partial charge in [-0.1, -0.05) is 24.3 Å². The molecule has 8 nitrogen and oxygen atoms in total. The fourth-order valence-electron chi connectivity index (χ4n) is 7.44. The molecule has 0 bridgehead atoms. The predicted molar refractivity (Wildman–Crippen MR) is 176 cm³/mol. The molecule has 6 rings (SSSR count). The van der Waals surface area contributed by atoms with Gasteiger partial charge < -0.3 is 20.1 Å². The van der Waals surface area contributed by atoms with Gasteiger partial charge in [0.2, 0.25) is 11.8 Å². The lowest BCUT2D eigenvalue weighted by atomic mass is 9.77. The average Bonchev–Trinajstić information content (AvgIpc) is 3.81. The van der Waals surface area contributed by atoms with Crippen molar-refractivity contribution < 1.29 is 19.4 Å². The number of ether oxygens (including phenoxy) is 1. The van der Waals surface area contributed by atoms with E-state index in [9.17, 15) is 9.59 Å². The lowest BCUT2D eigenvalue weighted by Crippen LogP contribution is -2.42. The summed E-state index contributed by atoms with van der Waals surface area (Å²) in [5, 5.41) is 16.5. The van der Waals surface area contributed by atoms with Gasteiger partial charge in [-0.2, -0.15) is 5.10 Å². The summed E-state index contributed by atoms with van der Waals surface area (Å²) in [6.07, 6.45) is 13.7. The van der Waals surface area contributed by atoms with E-state index in [4.69, 9.17) is 9.84 Å². The number of nitrogens with one attached hydrogen (secondary N) is 1. The third kappa shape index (κ3) is 7.43. The van der Waals surface area contributed by atoms with Crippen molar-refractivity contribution in [2.24, 2.45) is 17.8 Å². The standard InChI is InChI=1S/C37H48N4O4/c1-25-20-31(14-17-35(25)45-2)27-8-6-26(7-9-27)23-40(37(44)29-12-10-28(11-13-29)36(43)38-18-19-42)34-5-3-4-30(21-34)32-22-39-41(24-32)33-15-16-33/h3-5,14,17,20-22,24,26-29,33,42H,6-13,15-16,18-19,23H2,1-2H3,(H,38,43)/t26-,27-,28-,29-. The van der Waals surface area contributed by atoms with Gasteiger partial charge in [0.05, 0.1) is 26.0 Å². The number of benzene rings is 2. The molecule has 2 amide bonds. The molecule has 0 atom stereocenters. The van der Waals surface area contributed by atoms with Crippen molar-refractivity contribution in [2.75, 3.05) is 31.7 Å². The molecule has 3 aliphatic rings. The van der Waals surface area contributed by atoms with Crippen LogP contribution in [0.15, 0.2) is 54.9 Å². The first-order chi connectivity index (χ1) is 21.9. The van der Waals surface area contributed by atoms with Crippen LogP contribution in [0.3, 0.4) is 0 Å². The molecule has 0 radical (unpaired) electrons. The molecule has 3 aromatic rings. The second kappa shape index (κ2) is 14.2. The summed E-state index contributed by atoms with van der Waals surface area (Å²) in [5.41, 5.74) is 5.68. The lowest BCUT2D eigenvalue weighted by molar-refractivity contribution is -0.129. The van der Waals surface area contributed by atoms with Gasteiger partial charge in [0.15, 0.2) is 0 Å². The maximum absolute atomic E-state index is 14.3. The number of aromatic nitrogens is 2. The topological polar surface area (TPSA) is 96.7 Å². The van der Waals surface area contributed by atoms with E-state index in [1.807, 2.05) is 6.20 Å². The fraction of sp³-hybridized carbons (Fsp3) is 0.541. The largest absolute Gasteiger partial charge is 0.496 e. The molecule has 0 spiro atoms. The van der Waals surface area contributed by atoms with Gasteiger partial charge >= 0.3 is 0 Å². The monoisotopic (exact) mass is 612 g/mol. The summed E-state index contributed by atoms with van der Waals surface area (Å²) in [6, 6.07) is 15.5. The molecule has 8 heteroatoms. The fourth-order valence-corrected chi connectivity index (χ4v) is 7.44. The van der Waals surface area contributed by atoms with E-state index in [1.165, 1.54) is 24.0 Å². The van der Waals surface area contributed by atoms with E-state index < -0.39 is 0 Å². The third-order valence-electron chi connectivity index (χ3n) is 10.3. The minimum atomic E-state index is -0.0909. The van der Waals surface area contributed by atoms with E-state index in [1.54, 1.807) is 7.11 Å². The summed E-state index contributed by atoms with van der Waals surface area (Å²) in [4.78, 5) is 28.9. The van der Waals surface area contributed by atoms with E-state index in [0.717, 1.165) is 54.8 Å². The van der Waals surface area contributed by atoms with Crippen LogP contribution in [0.25, 0.3) is 11.1 Å². The zero-order chi connectivity index (χ0) is 31.3. The van der Waals surface area contributed by atoms with Gasteiger partial charge in [-0.05, 0) is 118 Å². The highest BCUT2D eigenvalue weighted by atomic mass is 16.5. The molecule has 3 saturated carbocycles. The van der Waals surface area contributed by atoms with Gasteiger partial charge in [0, 0.05) is 42.4 Å². The van der Waals surface area contributed by atoms with Crippen LogP contribution in [0.2, 0.25) is 0 Å². The minimum Gasteiger partial charge on any atom is -0.496 e. The first-order valence-corrected chi connectivity index (χ1v) is 16.9. The number of aliphatic hydroxyl groups is 1. The molecule has 2 N–H and O–H groups in total. The number of anilines is 1. The molecule has 45 heavy (non-hydrogen) atoms. The van der Waals surface area contributed by atoms with E-state index in [2.05, 4.69) is 75.6 Å². The summed E-state index contributed by atoms with van der Waals surface area (Å²) in [7, 11) is 1.72. The molecule has 1 aromatic heterocycles. The number of carbonyl (C=O) groups excluding carboxylic acids is 2. The molecule has 3 aliphatic carbocycles. The minimum absolute atomic E-state index is 0.00457. The Bertz CT molecular complexity index is 1460. The molecular formula is C37H48N4O4. The number of aliphatic hydroxyl groups excluding tert-OH is 1. The lowest BCUT2D eigenvalue weighted by Gasteiger charge is -2.36. The molecular weight excluding hydrogens is 564 g/mol. The van der Waals surface area contributed by atoms with E-state index >= 15 is 0 Å². The highest BCUT2D eigenvalue weighted by Crippen LogP contribution is 2.40. The van der Waals surface area contributed by atoms with Crippen molar-refractivity contribution in [3.8, 4) is 16.9 Å². The van der Waals surface area contributed by atoms with Gasteiger partial charge in [0.25, 0.3) is 0 Å². The van der Waals surface area contributed by atoms with Gasteiger partial charge in [-0.3, -0.25) is 14.3 Å². The maximum atomic E-state index is 14.3. The van der Waals surface area contributed by atoms with Gasteiger partial charge in [0.1, 0.15) is 5.75 Å². The first kappa shape index (κ1) is 31.3. The van der Waals surface area contributed by atoms with Crippen molar-refractivity contribution in [1.29, 1.82) is 0 Å². The smallest absolute Gasteiger partial charge is 0.230 e. The SMILES string of the molecule is COc1ccc([C@H]2CC[C@H](CN(c3cccc(-c4cnn(C5CC5)c4)c3)C(=O)[C@H]3CC[C@H](C(=O)NCCO)CC3)CC2)cc1C. The molecule has 2 aromatic carbocycles. The highest BCUT2D eigenvalue weighted by molar-refractivity contribution is 5.96. The Kier molecular flexibility index (Phi) is 9.88. The predicted octanol–water partition coefficient (Wildman–Crippen LogP) is 6.42. The zero-order valence-corrected chi connectivity index (χ0v) is 26.8. The summed E-state index contributed by atoms with van der Waals surface area (Å²) < 4.78 is 7.55. The Labute approximate surface area is 267 Å². The third-order valence-corrected chi connectivity index (χ3v) is 10.3. The summed E-state index contributed by atoms with van der Waals surface area (Å²) in [6.45, 7) is 3.05. The Morgan fingerprint density at radius 1 is 0.956 bits per heavy atom. The van der Waals surface area contributed by atoms with Crippen LogP contribution in [-0.4, -0.2) is 53.5 Å². The highest BCUT2D eigenvalue weighted by Gasteiger charge is 2.34. The Hall–Kier alpha value is -3.65. The normalized spacial score (nSPS) is 23.4. The number of aryl methyl sites for hydroxylation is 1. The first-order valence-electron chi connectivity index (χ1n) is 16.9. The molecule has 0 unspecified atom stereocenters. The summed E-state index contributed by atoms with van der Waals surface area (Å²) in [5.74, 6) is 1.91. The van der Waals surface area contributed by atoms with Crippen LogP contribution in [0, 0.1) is 24.7 Å². The zero-order valence-electron chi connectivity index (χ0n) is 26.8. The van der Waals surface area contributed by atoms with Gasteiger partial charge in [-0.25, -0.2) is 0 Å². The number of hydrogen-bond acceptors (Lipinski definition) is 5. The number of rotatable bonds is 11. The van der Waals surface area contributed by atoms with Crippen LogP contribution in [0.1, 0.15) is 87.3 Å². The van der Waals surface area contributed by atoms with Crippen molar-refractivity contribution >= 4 is 17.5 Å². The van der Waals surface area contributed by atoms with E-state index in [-0.39, 0.29) is 36.8 Å². The quantitative estimate of drug-likeness (QED) is 0.260. The van der Waals surface area contributed by atoms with Crippen LogP contribution in [-0.2, 0) is 9.59 Å². The second-order valence-electron chi connectivity index (χ2n) is 13.4. The van der Waals surface area contributed by atoms with Crippen molar-refractivity contribution in [2.45, 2.75) is 83.1 Å². The number of amides is 2. The summed E-state index contributed by atoms with van der Waals surface area (Å²) >= 11 is 0. The molecule has 240 valence electrons. The number of nitrogens with zero attached hydrogens (tertiary/aromatic N) is 3. The Morgan fingerprint density at radius 3 is 2.40 bits per heavy atom. The molecule has 0 saturated heterocycles. The van der Waals surface area contributed by atoms with Crippen molar-refractivity contribution in [3.63, 3.8) is 0 Å². The maximum Gasteiger partial charge on any atom is 0.230 e. The van der Waals surface area contributed by atoms with Crippen LogP contribution in [0.5, 0.6) is 5.75 Å². The Balaban J connectivity index is 1.17. The Morgan fingerprint density at radius 2 is 1.71 bits per heavy atom. The van der Waals surface area contributed by atoms with Gasteiger partial charge in [-0.15, -0.1) is 0 Å². The number of hydrogen-bond donors (Lipinski definition) is 2. The van der Waals surface area contributed by atoms with E-state index in [0.29, 0.717) is 43.6 Å². The second-order valence-corrected chi connectivity index (χ2v) is 13.4. The molecule has 1 heterocycles. The number of carbonyl (C=O) groups is 2. The number of methoxy groups -OCH3 is 1. The van der Waals surface area contributed by atoms with Crippen LogP contribution >= 0.6 is 0 Å². The van der Waals surface area contributed by atoms with Crippen molar-refractivity contribution in [3.05, 3.63) is 66.0 Å². The molecule has 3 fully saturated rings. The molecule has 0 aliphatic heterocycles. The average molecular weight is 613 g/mol. The van der Waals surface area contributed by atoms with Crippen LogP contribution < -0.4 is 15.0 Å². The van der Waals surface area contributed by atoms with Crippen LogP contribution in [0.4, 0.5) is 5.69 Å².